The molecule has 29 heavy (non-hydrogen) atoms. The summed E-state index contributed by atoms with van der Waals surface area (Å²) in [5.74, 6) is -0.119. The van der Waals surface area contributed by atoms with Gasteiger partial charge in [0.1, 0.15) is 0 Å². The van der Waals surface area contributed by atoms with Crippen LogP contribution in [0.25, 0.3) is 10.8 Å². The van der Waals surface area contributed by atoms with E-state index in [1.54, 1.807) is 6.21 Å². The number of carbonyl (C=O) groups is 1. The monoisotopic (exact) mass is 387 g/mol. The van der Waals surface area contributed by atoms with E-state index in [1.807, 2.05) is 42.5 Å². The predicted octanol–water partition coefficient (Wildman–Crippen LogP) is 5.16. The fourth-order valence-electron chi connectivity index (χ4n) is 3.52. The molecule has 3 aromatic carbocycles. The lowest BCUT2D eigenvalue weighted by Gasteiger charge is -2.23. The molecule has 0 radical (unpaired) electrons. The zero-order chi connectivity index (χ0) is 20.5. The number of amides is 1. The van der Waals surface area contributed by atoms with Crippen LogP contribution >= 0.6 is 0 Å². The molecule has 1 amide bonds. The van der Waals surface area contributed by atoms with Crippen LogP contribution in [0.15, 0.2) is 71.8 Å². The molecule has 0 saturated heterocycles. The minimum Gasteiger partial charge on any atom is -0.372 e. The molecule has 0 unspecified atom stereocenters. The molecule has 150 valence electrons. The van der Waals surface area contributed by atoms with Crippen molar-refractivity contribution in [2.45, 2.75) is 33.1 Å². The second-order valence-electron chi connectivity index (χ2n) is 7.19. The largest absolute Gasteiger partial charge is 0.372 e. The Bertz CT molecular complexity index is 952. The van der Waals surface area contributed by atoms with E-state index in [4.69, 9.17) is 0 Å². The van der Waals surface area contributed by atoms with Crippen molar-refractivity contribution < 1.29 is 4.79 Å². The Kier molecular flexibility index (Phi) is 7.40. The van der Waals surface area contributed by atoms with Crippen LogP contribution < -0.4 is 10.3 Å². The average Bonchev–Trinajstić information content (AvgIpc) is 2.74. The molecule has 0 aliphatic carbocycles. The Morgan fingerprint density at radius 1 is 0.931 bits per heavy atom. The van der Waals surface area contributed by atoms with Gasteiger partial charge < -0.3 is 4.90 Å². The van der Waals surface area contributed by atoms with Crippen LogP contribution in [0.5, 0.6) is 0 Å². The third-order valence-corrected chi connectivity index (χ3v) is 4.88. The number of benzene rings is 3. The zero-order valence-electron chi connectivity index (χ0n) is 17.3. The lowest BCUT2D eigenvalue weighted by molar-refractivity contribution is -0.120. The number of carbonyl (C=O) groups excluding carboxylic acids is 1. The van der Waals surface area contributed by atoms with Crippen LogP contribution in [0, 0.1) is 0 Å². The summed E-state index contributed by atoms with van der Waals surface area (Å²) in [6.45, 7) is 6.52. The quantitative estimate of drug-likeness (QED) is 0.407. The topological polar surface area (TPSA) is 44.7 Å². The molecule has 3 aromatic rings. The Hall–Kier alpha value is -3.14. The first-order valence-electron chi connectivity index (χ1n) is 10.3. The lowest BCUT2D eigenvalue weighted by Crippen LogP contribution is -2.24. The Labute approximate surface area is 173 Å². The van der Waals surface area contributed by atoms with Crippen molar-refractivity contribution in [2.24, 2.45) is 5.10 Å². The van der Waals surface area contributed by atoms with E-state index < -0.39 is 0 Å². The molecule has 1 N–H and O–H groups in total. The number of hydrogen-bond acceptors (Lipinski definition) is 3. The molecule has 4 nitrogen and oxygen atoms in total. The van der Waals surface area contributed by atoms with Crippen molar-refractivity contribution in [2.75, 3.05) is 18.0 Å². The molecule has 0 saturated carbocycles. The summed E-state index contributed by atoms with van der Waals surface area (Å²) < 4.78 is 0. The van der Waals surface area contributed by atoms with Crippen molar-refractivity contribution >= 4 is 28.6 Å². The van der Waals surface area contributed by atoms with Gasteiger partial charge in [0.05, 0.1) is 12.6 Å². The van der Waals surface area contributed by atoms with Crippen LogP contribution in [0.2, 0.25) is 0 Å². The normalized spacial score (nSPS) is 11.1. The molecule has 0 aromatic heterocycles. The highest BCUT2D eigenvalue weighted by atomic mass is 16.2. The molecule has 4 heteroatoms. The minimum absolute atomic E-state index is 0.119. The number of rotatable bonds is 9. The number of hydrazone groups is 1. The van der Waals surface area contributed by atoms with Crippen LogP contribution in [0.4, 0.5) is 5.69 Å². The Morgan fingerprint density at radius 3 is 2.34 bits per heavy atom. The molecule has 0 heterocycles. The first kappa shape index (κ1) is 20.6. The first-order valence-corrected chi connectivity index (χ1v) is 10.3. The number of fused-ring (bicyclic) bond motifs is 1. The van der Waals surface area contributed by atoms with Crippen molar-refractivity contribution in [3.8, 4) is 0 Å². The highest BCUT2D eigenvalue weighted by Crippen LogP contribution is 2.19. The third kappa shape index (κ3) is 5.67. The van der Waals surface area contributed by atoms with Gasteiger partial charge in [-0.3, -0.25) is 4.79 Å². The molecule has 0 bridgehead atoms. The van der Waals surface area contributed by atoms with Gasteiger partial charge in [0, 0.05) is 18.8 Å². The van der Waals surface area contributed by atoms with Crippen LogP contribution in [-0.4, -0.2) is 25.2 Å². The minimum atomic E-state index is -0.119. The lowest BCUT2D eigenvalue weighted by atomic mass is 10.0. The second kappa shape index (κ2) is 10.4. The molecular weight excluding hydrogens is 358 g/mol. The third-order valence-electron chi connectivity index (χ3n) is 4.88. The number of anilines is 1. The summed E-state index contributed by atoms with van der Waals surface area (Å²) in [6.07, 6.45) is 4.26. The summed E-state index contributed by atoms with van der Waals surface area (Å²) in [5, 5.41) is 6.37. The van der Waals surface area contributed by atoms with Crippen LogP contribution in [0.1, 0.15) is 37.8 Å². The van der Waals surface area contributed by atoms with Gasteiger partial charge in [-0.15, -0.1) is 0 Å². The first-order chi connectivity index (χ1) is 14.2. The van der Waals surface area contributed by atoms with Crippen LogP contribution in [0.3, 0.4) is 0 Å². The maximum absolute atomic E-state index is 12.3. The fourth-order valence-corrected chi connectivity index (χ4v) is 3.52. The van der Waals surface area contributed by atoms with E-state index in [-0.39, 0.29) is 5.91 Å². The van der Waals surface area contributed by atoms with E-state index in [9.17, 15) is 4.79 Å². The van der Waals surface area contributed by atoms with Crippen molar-refractivity contribution in [1.82, 2.24) is 5.43 Å². The number of nitrogens with one attached hydrogen (secondary N) is 1. The van der Waals surface area contributed by atoms with Gasteiger partial charge >= 0.3 is 0 Å². The molecule has 0 atom stereocenters. The van der Waals surface area contributed by atoms with Gasteiger partial charge in [-0.05, 0) is 46.9 Å². The van der Waals surface area contributed by atoms with Gasteiger partial charge in [-0.1, -0.05) is 68.4 Å². The van der Waals surface area contributed by atoms with Gasteiger partial charge in [-0.25, -0.2) is 5.43 Å². The fraction of sp³-hybridized carbons (Fsp3) is 0.280. The van der Waals surface area contributed by atoms with E-state index >= 15 is 0 Å². The highest BCUT2D eigenvalue weighted by molar-refractivity contribution is 5.90. The molecule has 0 fully saturated rings. The smallest absolute Gasteiger partial charge is 0.244 e. The van der Waals surface area contributed by atoms with Crippen molar-refractivity contribution in [1.29, 1.82) is 0 Å². The summed E-state index contributed by atoms with van der Waals surface area (Å²) >= 11 is 0. The summed E-state index contributed by atoms with van der Waals surface area (Å²) in [5.41, 5.74) is 5.84. The van der Waals surface area contributed by atoms with E-state index in [0.717, 1.165) is 47.8 Å². The molecule has 3 rings (SSSR count). The maximum atomic E-state index is 12.3. The Morgan fingerprint density at radius 2 is 1.62 bits per heavy atom. The summed E-state index contributed by atoms with van der Waals surface area (Å²) in [6, 6.07) is 22.4. The standard InChI is InChI=1S/C25H29N3O/c1-3-16-28(17-4-2)23-14-12-20(13-15-23)19-26-27-25(29)18-22-10-7-9-21-8-5-6-11-24(21)22/h5-15,19H,3-4,16-18H2,1-2H3,(H,27,29)/b26-19-. The maximum Gasteiger partial charge on any atom is 0.244 e. The molecule has 0 aliphatic rings. The van der Waals surface area contributed by atoms with Gasteiger partial charge in [0.2, 0.25) is 5.91 Å². The van der Waals surface area contributed by atoms with E-state index in [2.05, 4.69) is 53.5 Å². The summed E-state index contributed by atoms with van der Waals surface area (Å²) in [4.78, 5) is 14.7. The summed E-state index contributed by atoms with van der Waals surface area (Å²) in [7, 11) is 0. The number of hydrogen-bond donors (Lipinski definition) is 1. The van der Waals surface area contributed by atoms with Crippen LogP contribution in [-0.2, 0) is 11.2 Å². The van der Waals surface area contributed by atoms with Gasteiger partial charge in [0.15, 0.2) is 0 Å². The number of nitrogens with zero attached hydrogens (tertiary/aromatic N) is 2. The Balaban J connectivity index is 1.58. The highest BCUT2D eigenvalue weighted by Gasteiger charge is 2.06. The second-order valence-corrected chi connectivity index (χ2v) is 7.19. The van der Waals surface area contributed by atoms with E-state index in [1.165, 1.54) is 5.69 Å². The average molecular weight is 388 g/mol. The van der Waals surface area contributed by atoms with Gasteiger partial charge in [0.25, 0.3) is 0 Å². The SMILES string of the molecule is CCCN(CCC)c1ccc(/C=N\NC(=O)Cc2cccc3ccccc23)cc1. The van der Waals surface area contributed by atoms with Crippen molar-refractivity contribution in [3.63, 3.8) is 0 Å². The molecule has 0 spiro atoms. The van der Waals surface area contributed by atoms with Gasteiger partial charge in [-0.2, -0.15) is 5.10 Å². The molecule has 0 aliphatic heterocycles. The van der Waals surface area contributed by atoms with E-state index in [0.29, 0.717) is 6.42 Å². The van der Waals surface area contributed by atoms with Crippen molar-refractivity contribution in [3.05, 3.63) is 77.9 Å². The zero-order valence-corrected chi connectivity index (χ0v) is 17.3. The predicted molar refractivity (Wildman–Crippen MR) is 123 cm³/mol. The molecular formula is C25H29N3O.